The van der Waals surface area contributed by atoms with Crippen LogP contribution in [0.1, 0.15) is 26.3 Å². The number of pyridine rings is 3. The largest absolute Gasteiger partial charge is 0.431 e. The van der Waals surface area contributed by atoms with Crippen molar-refractivity contribution in [1.82, 2.24) is 29.7 Å². The average Bonchev–Trinajstić information content (AvgIpc) is 3.44. The second kappa shape index (κ2) is 27.8. The minimum Gasteiger partial charge on any atom is -0.431 e. The third-order valence-electron chi connectivity index (χ3n) is 12.0. The van der Waals surface area contributed by atoms with E-state index in [1.54, 1.807) is 77.6 Å². The number of nitrogens with two attached hydrogens (primary N) is 1. The number of fused-ring (bicyclic) bond motifs is 4. The summed E-state index contributed by atoms with van der Waals surface area (Å²) >= 11 is 5.66. The summed E-state index contributed by atoms with van der Waals surface area (Å²) in [5.74, 6) is -1.36. The molecule has 0 saturated heterocycles. The molecule has 25 heteroatoms. The van der Waals surface area contributed by atoms with Crippen molar-refractivity contribution in [2.45, 2.75) is 46.8 Å². The van der Waals surface area contributed by atoms with Gasteiger partial charge in [-0.1, -0.05) is 41.9 Å². The molecule has 0 aliphatic rings. The van der Waals surface area contributed by atoms with Crippen molar-refractivity contribution in [1.29, 1.82) is 0 Å². The minimum absolute atomic E-state index is 0.00186. The van der Waals surface area contributed by atoms with E-state index in [9.17, 15) is 63.0 Å². The normalized spacial score (nSPS) is 10.5. The van der Waals surface area contributed by atoms with E-state index >= 15 is 0 Å². The van der Waals surface area contributed by atoms with Gasteiger partial charge in [-0.25, -0.2) is 9.18 Å². The second-order valence-electron chi connectivity index (χ2n) is 17.6. The molecule has 0 aliphatic heterocycles. The number of hydrogen-bond donors (Lipinski definition) is 5. The number of rotatable bonds is 14. The molecule has 4 heterocycles. The molecule has 418 valence electrons. The molecule has 81 heavy (non-hydrogen) atoms. The fourth-order valence-electron chi connectivity index (χ4n) is 8.14. The SMILES string of the molecule is CC(=O)NCCn1ccc2c(N)cccc2c1=O.CC(=O)NCCn1ccc2c(NC(=O)Cc3ccc(Cl)c(F)c3)cccc2c1=O.CC(=O)NCCn1ccc2c([N+](=O)[O-])cccc2c1=O.O=c1occc2c([N+](=O)[O-])cccc12. The highest BCUT2D eigenvalue weighted by molar-refractivity contribution is 6.30. The Balaban J connectivity index is 0.000000180. The van der Waals surface area contributed by atoms with Crippen LogP contribution in [0.3, 0.4) is 0 Å². The van der Waals surface area contributed by atoms with Crippen molar-refractivity contribution in [3.63, 3.8) is 0 Å². The van der Waals surface area contributed by atoms with Crippen LogP contribution in [-0.4, -0.2) is 66.8 Å². The van der Waals surface area contributed by atoms with Gasteiger partial charge in [0.25, 0.3) is 28.1 Å². The number of carbonyl (C=O) groups excluding carboxylic acids is 4. The monoisotopic (exact) mass is 1130 g/mol. The average molecular weight is 1130 g/mol. The lowest BCUT2D eigenvalue weighted by molar-refractivity contribution is -0.383. The summed E-state index contributed by atoms with van der Waals surface area (Å²) in [6.45, 7) is 6.47. The number of amides is 4. The summed E-state index contributed by atoms with van der Waals surface area (Å²) in [4.78, 5) is 114. The molecule has 5 aromatic carbocycles. The van der Waals surface area contributed by atoms with E-state index in [2.05, 4.69) is 25.7 Å². The Kier molecular flexibility index (Phi) is 20.6. The smallest absolute Gasteiger partial charge is 0.343 e. The number of halogens is 2. The molecule has 23 nitrogen and oxygen atoms in total. The van der Waals surface area contributed by atoms with Crippen LogP contribution >= 0.6 is 11.6 Å². The summed E-state index contributed by atoms with van der Waals surface area (Å²) in [5.41, 5.74) is 6.03. The van der Waals surface area contributed by atoms with Gasteiger partial charge in [0, 0.05) is 124 Å². The van der Waals surface area contributed by atoms with Crippen molar-refractivity contribution < 1.29 is 37.8 Å². The van der Waals surface area contributed by atoms with E-state index in [0.29, 0.717) is 88.5 Å². The van der Waals surface area contributed by atoms with Gasteiger partial charge < -0.3 is 45.1 Å². The Morgan fingerprint density at radius 3 is 1.49 bits per heavy atom. The van der Waals surface area contributed by atoms with E-state index in [4.69, 9.17) is 17.3 Å². The molecule has 0 fully saturated rings. The summed E-state index contributed by atoms with van der Waals surface area (Å²) in [6, 6.07) is 29.8. The molecule has 0 aliphatic carbocycles. The van der Waals surface area contributed by atoms with E-state index in [1.807, 2.05) is 6.07 Å². The van der Waals surface area contributed by atoms with Crippen LogP contribution in [0.25, 0.3) is 43.1 Å². The third-order valence-corrected chi connectivity index (χ3v) is 12.3. The van der Waals surface area contributed by atoms with Gasteiger partial charge in [-0.3, -0.25) is 53.8 Å². The van der Waals surface area contributed by atoms with E-state index < -0.39 is 21.3 Å². The van der Waals surface area contributed by atoms with Gasteiger partial charge in [-0.15, -0.1) is 0 Å². The van der Waals surface area contributed by atoms with E-state index in [-0.39, 0.29) is 68.5 Å². The number of benzene rings is 5. The van der Waals surface area contributed by atoms with Gasteiger partial charge in [0.2, 0.25) is 23.6 Å². The first-order valence-electron chi connectivity index (χ1n) is 24.5. The van der Waals surface area contributed by atoms with Crippen molar-refractivity contribution in [2.24, 2.45) is 0 Å². The van der Waals surface area contributed by atoms with Gasteiger partial charge in [-0.05, 0) is 78.4 Å². The molecule has 6 N–H and O–H groups in total. The molecule has 0 unspecified atom stereocenters. The van der Waals surface area contributed by atoms with Crippen LogP contribution in [-0.2, 0) is 45.2 Å². The molecule has 9 rings (SSSR count). The van der Waals surface area contributed by atoms with Crippen LogP contribution < -0.4 is 49.3 Å². The fraction of sp³-hybridized carbons (Fsp3) is 0.179. The summed E-state index contributed by atoms with van der Waals surface area (Å²) in [7, 11) is 0. The standard InChI is InChI=1S/C21H19ClFN3O3.C13H13N3O4.C13H15N3O2.C9H5NO4/c1-13(27)24-8-10-26-9-7-15-16(21(26)29)3-2-4-19(15)25-20(28)12-14-5-6-17(22)18(23)11-14;1-9(17)14-6-8-15-7-5-10-11(13(15)18)3-2-4-12(10)16(19)20;1-9(17)15-6-8-16-7-5-10-11(13(16)18)3-2-4-12(10)14;11-9-7-2-1-3-8(10(12)13)6(7)4-5-14-9/h2-7,9,11H,8,10,12H2,1H3,(H,24,27)(H,25,28);2-5,7H,6,8H2,1H3,(H,14,17);2-5,7H,6,8,14H2,1H3,(H,15,17);1-5H. The molecule has 0 atom stereocenters. The Bertz CT molecular complexity index is 4120. The topological polar surface area (TPSA) is 325 Å². The predicted molar refractivity (Wildman–Crippen MR) is 305 cm³/mol. The molecule has 0 radical (unpaired) electrons. The van der Waals surface area contributed by atoms with Crippen molar-refractivity contribution in [3.05, 3.63) is 218 Å². The number of aromatic nitrogens is 3. The number of nitro groups is 2. The van der Waals surface area contributed by atoms with Gasteiger partial charge in [0.05, 0.1) is 49.1 Å². The minimum atomic E-state index is -0.582. The van der Waals surface area contributed by atoms with Gasteiger partial charge in [-0.2, -0.15) is 0 Å². The zero-order valence-corrected chi connectivity index (χ0v) is 44.4. The van der Waals surface area contributed by atoms with Crippen molar-refractivity contribution in [3.8, 4) is 0 Å². The highest BCUT2D eigenvalue weighted by Crippen LogP contribution is 2.25. The van der Waals surface area contributed by atoms with Gasteiger partial charge in [0.1, 0.15) is 5.82 Å². The Labute approximate surface area is 462 Å². The zero-order chi connectivity index (χ0) is 58.9. The quantitative estimate of drug-likeness (QED) is 0.0437. The van der Waals surface area contributed by atoms with Crippen LogP contribution in [0.2, 0.25) is 5.02 Å². The summed E-state index contributed by atoms with van der Waals surface area (Å²) in [5, 5.41) is 35.7. The lowest BCUT2D eigenvalue weighted by Crippen LogP contribution is -2.29. The molecule has 9 aromatic rings. The zero-order valence-electron chi connectivity index (χ0n) is 43.6. The van der Waals surface area contributed by atoms with Crippen LogP contribution in [0, 0.1) is 26.0 Å². The number of anilines is 2. The molecule has 4 amide bonds. The molecular weight excluding hydrogens is 1080 g/mol. The molecule has 4 aromatic heterocycles. The summed E-state index contributed by atoms with van der Waals surface area (Å²) < 4.78 is 22.6. The highest BCUT2D eigenvalue weighted by Gasteiger charge is 2.16. The first-order chi connectivity index (χ1) is 38.6. The predicted octanol–water partition coefficient (Wildman–Crippen LogP) is 6.58. The van der Waals surface area contributed by atoms with Crippen molar-refractivity contribution >= 4 is 101 Å². The number of nitro benzene ring substituents is 2. The first-order valence-corrected chi connectivity index (χ1v) is 24.9. The van der Waals surface area contributed by atoms with Crippen LogP contribution in [0.15, 0.2) is 164 Å². The Morgan fingerprint density at radius 1 is 0.568 bits per heavy atom. The van der Waals surface area contributed by atoms with E-state index in [0.717, 1.165) is 11.6 Å². The number of nitrogens with one attached hydrogen (secondary N) is 4. The van der Waals surface area contributed by atoms with Gasteiger partial charge >= 0.3 is 5.63 Å². The Hall–Kier alpha value is -10.4. The number of nitrogens with zero attached hydrogens (tertiary/aromatic N) is 5. The lowest BCUT2D eigenvalue weighted by atomic mass is 10.1. The Morgan fingerprint density at radius 2 is 1.00 bits per heavy atom. The fourth-order valence-corrected chi connectivity index (χ4v) is 8.26. The third kappa shape index (κ3) is 15.9. The number of hydrogen-bond acceptors (Lipinski definition) is 14. The maximum atomic E-state index is 13.6. The lowest BCUT2D eigenvalue weighted by Gasteiger charge is -2.11. The first kappa shape index (κ1) is 59.9. The van der Waals surface area contributed by atoms with Crippen LogP contribution in [0.4, 0.5) is 27.1 Å². The van der Waals surface area contributed by atoms with Crippen molar-refractivity contribution in [2.75, 3.05) is 30.7 Å². The summed E-state index contributed by atoms with van der Waals surface area (Å²) in [6.07, 6.45) is 5.94. The van der Waals surface area contributed by atoms with E-state index in [1.165, 1.54) is 84.6 Å². The second-order valence-corrected chi connectivity index (χ2v) is 18.0. The number of nitrogen functional groups attached to an aromatic ring is 1. The molecule has 0 spiro atoms. The maximum Gasteiger partial charge on any atom is 0.343 e. The molecule has 0 saturated carbocycles. The maximum absolute atomic E-state index is 13.6. The molecular formula is C56H52ClFN10O13. The molecule has 0 bridgehead atoms. The highest BCUT2D eigenvalue weighted by atomic mass is 35.5. The van der Waals surface area contributed by atoms with Gasteiger partial charge in [0.15, 0.2) is 0 Å². The number of non-ortho nitro benzene ring substituents is 2. The van der Waals surface area contributed by atoms with Crippen LogP contribution in [0.5, 0.6) is 0 Å². The number of carbonyl (C=O) groups is 4.